The van der Waals surface area contributed by atoms with Crippen LogP contribution in [0.15, 0.2) is 36.4 Å². The van der Waals surface area contributed by atoms with E-state index in [0.717, 1.165) is 36.3 Å². The molecule has 2 aromatic carbocycles. The number of nitrogens with zero attached hydrogens (tertiary/aromatic N) is 1. The van der Waals surface area contributed by atoms with Gasteiger partial charge in [0.1, 0.15) is 17.3 Å². The van der Waals surface area contributed by atoms with E-state index in [9.17, 15) is 14.6 Å². The molecule has 1 heterocycles. The summed E-state index contributed by atoms with van der Waals surface area (Å²) in [6.45, 7) is 6.06. The second-order valence-corrected chi connectivity index (χ2v) is 8.61. The topological polar surface area (TPSA) is 62.2 Å². The van der Waals surface area contributed by atoms with Crippen LogP contribution in [-0.4, -0.2) is 53.6 Å². The number of ether oxygens (including phenoxy) is 2. The number of benzene rings is 2. The highest BCUT2D eigenvalue weighted by Gasteiger charge is 2.20. The number of aliphatic hydroxyl groups excluding tert-OH is 1. The van der Waals surface area contributed by atoms with Crippen LogP contribution < -0.4 is 9.47 Å². The standard InChI is InChI=1S/C24H32FNO4/c1-24(2,28)10-12-30-22-8-6-17(21-14-19(25)7-9-23(21)29-3)13-18(22)15-26-11-4-5-20(27)16-26/h6-9,13-14,20,27-28H,4-5,10-12,15-16H2,1-3H3. The van der Waals surface area contributed by atoms with Crippen LogP contribution in [0, 0.1) is 5.82 Å². The molecule has 2 N–H and O–H groups in total. The van der Waals surface area contributed by atoms with Crippen molar-refractivity contribution in [1.82, 2.24) is 4.90 Å². The van der Waals surface area contributed by atoms with E-state index in [1.165, 1.54) is 12.1 Å². The molecule has 6 heteroatoms. The van der Waals surface area contributed by atoms with Crippen LogP contribution in [0.1, 0.15) is 38.7 Å². The molecule has 0 aliphatic carbocycles. The summed E-state index contributed by atoms with van der Waals surface area (Å²) in [6.07, 6.45) is 1.97. The highest BCUT2D eigenvalue weighted by atomic mass is 19.1. The maximum absolute atomic E-state index is 13.9. The molecule has 0 aromatic heterocycles. The highest BCUT2D eigenvalue weighted by molar-refractivity contribution is 5.72. The minimum Gasteiger partial charge on any atom is -0.496 e. The Morgan fingerprint density at radius 1 is 1.17 bits per heavy atom. The second kappa shape index (κ2) is 9.77. The number of rotatable bonds is 8. The predicted molar refractivity (Wildman–Crippen MR) is 115 cm³/mol. The van der Waals surface area contributed by atoms with Gasteiger partial charge in [-0.15, -0.1) is 0 Å². The van der Waals surface area contributed by atoms with Gasteiger partial charge in [-0.05, 0) is 69.1 Å². The lowest BCUT2D eigenvalue weighted by Crippen LogP contribution is -2.37. The Labute approximate surface area is 178 Å². The van der Waals surface area contributed by atoms with Crippen molar-refractivity contribution in [3.05, 3.63) is 47.8 Å². The molecule has 0 amide bonds. The SMILES string of the molecule is COc1ccc(F)cc1-c1ccc(OCCC(C)(C)O)c(CN2CCCC(O)C2)c1. The van der Waals surface area contributed by atoms with Crippen molar-refractivity contribution in [2.24, 2.45) is 0 Å². The van der Waals surface area contributed by atoms with Gasteiger partial charge < -0.3 is 19.7 Å². The summed E-state index contributed by atoms with van der Waals surface area (Å²) in [4.78, 5) is 2.21. The molecule has 1 fully saturated rings. The number of aliphatic hydroxyl groups is 2. The monoisotopic (exact) mass is 417 g/mol. The minimum atomic E-state index is -0.800. The van der Waals surface area contributed by atoms with E-state index in [4.69, 9.17) is 9.47 Å². The van der Waals surface area contributed by atoms with E-state index in [2.05, 4.69) is 4.90 Å². The Morgan fingerprint density at radius 3 is 2.63 bits per heavy atom. The third-order valence-electron chi connectivity index (χ3n) is 5.38. The number of β-amino-alcohol motifs (C(OH)–C–C–N with tert-alkyl or cyclic N) is 1. The van der Waals surface area contributed by atoms with Gasteiger partial charge in [-0.3, -0.25) is 4.90 Å². The molecule has 0 radical (unpaired) electrons. The molecule has 5 nitrogen and oxygen atoms in total. The van der Waals surface area contributed by atoms with Gasteiger partial charge in [-0.25, -0.2) is 4.39 Å². The van der Waals surface area contributed by atoms with Crippen LogP contribution in [0.3, 0.4) is 0 Å². The van der Waals surface area contributed by atoms with Gasteiger partial charge in [0.2, 0.25) is 0 Å². The molecule has 30 heavy (non-hydrogen) atoms. The molecule has 3 rings (SSSR count). The molecule has 1 atom stereocenters. The van der Waals surface area contributed by atoms with E-state index in [1.807, 2.05) is 18.2 Å². The van der Waals surface area contributed by atoms with E-state index in [1.54, 1.807) is 27.0 Å². The molecule has 2 aromatic rings. The number of piperidine rings is 1. The van der Waals surface area contributed by atoms with Crippen molar-refractivity contribution in [3.8, 4) is 22.6 Å². The summed E-state index contributed by atoms with van der Waals surface area (Å²) in [5.41, 5.74) is 1.68. The summed E-state index contributed by atoms with van der Waals surface area (Å²) >= 11 is 0. The summed E-state index contributed by atoms with van der Waals surface area (Å²) in [7, 11) is 1.57. The third-order valence-corrected chi connectivity index (χ3v) is 5.38. The van der Waals surface area contributed by atoms with E-state index < -0.39 is 5.60 Å². The zero-order chi connectivity index (χ0) is 21.7. The zero-order valence-electron chi connectivity index (χ0n) is 18.0. The number of methoxy groups -OCH3 is 1. The number of hydrogen-bond donors (Lipinski definition) is 2. The maximum Gasteiger partial charge on any atom is 0.126 e. The van der Waals surface area contributed by atoms with Gasteiger partial charge >= 0.3 is 0 Å². The molecule has 1 unspecified atom stereocenters. The van der Waals surface area contributed by atoms with Crippen LogP contribution in [0.4, 0.5) is 4.39 Å². The Morgan fingerprint density at radius 2 is 1.93 bits per heavy atom. The van der Waals surface area contributed by atoms with Gasteiger partial charge in [0.25, 0.3) is 0 Å². The van der Waals surface area contributed by atoms with Crippen molar-refractivity contribution >= 4 is 0 Å². The van der Waals surface area contributed by atoms with Crippen molar-refractivity contribution < 1.29 is 24.1 Å². The van der Waals surface area contributed by atoms with E-state index >= 15 is 0 Å². The van der Waals surface area contributed by atoms with Crippen molar-refractivity contribution in [2.45, 2.75) is 51.4 Å². The average Bonchev–Trinajstić information content (AvgIpc) is 2.68. The quantitative estimate of drug-likeness (QED) is 0.680. The Hall–Kier alpha value is -2.15. The van der Waals surface area contributed by atoms with Gasteiger partial charge in [0.15, 0.2) is 0 Å². The normalized spacial score (nSPS) is 17.7. The van der Waals surface area contributed by atoms with Gasteiger partial charge in [-0.1, -0.05) is 6.07 Å². The first-order valence-electron chi connectivity index (χ1n) is 10.5. The van der Waals surface area contributed by atoms with Crippen molar-refractivity contribution in [2.75, 3.05) is 26.8 Å². The van der Waals surface area contributed by atoms with Crippen LogP contribution >= 0.6 is 0 Å². The lowest BCUT2D eigenvalue weighted by atomic mass is 10.00. The van der Waals surface area contributed by atoms with Crippen LogP contribution in [0.25, 0.3) is 11.1 Å². The van der Waals surface area contributed by atoms with Gasteiger partial charge in [0.05, 0.1) is 25.4 Å². The smallest absolute Gasteiger partial charge is 0.126 e. The van der Waals surface area contributed by atoms with Crippen molar-refractivity contribution in [1.29, 1.82) is 0 Å². The fourth-order valence-corrected chi connectivity index (χ4v) is 3.74. The Bertz CT molecular complexity index is 850. The fourth-order valence-electron chi connectivity index (χ4n) is 3.74. The summed E-state index contributed by atoms with van der Waals surface area (Å²) < 4.78 is 25.3. The lowest BCUT2D eigenvalue weighted by molar-refractivity contribution is 0.0539. The zero-order valence-corrected chi connectivity index (χ0v) is 18.0. The van der Waals surface area contributed by atoms with Crippen molar-refractivity contribution in [3.63, 3.8) is 0 Å². The highest BCUT2D eigenvalue weighted by Crippen LogP contribution is 2.34. The summed E-state index contributed by atoms with van der Waals surface area (Å²) in [6, 6.07) is 10.3. The second-order valence-electron chi connectivity index (χ2n) is 8.61. The molecule has 1 aliphatic heterocycles. The fraction of sp³-hybridized carbons (Fsp3) is 0.500. The first kappa shape index (κ1) is 22.5. The average molecular weight is 418 g/mol. The van der Waals surface area contributed by atoms with Crippen LogP contribution in [0.5, 0.6) is 11.5 Å². The molecule has 164 valence electrons. The van der Waals surface area contributed by atoms with E-state index in [0.29, 0.717) is 37.4 Å². The van der Waals surface area contributed by atoms with Crippen LogP contribution in [0.2, 0.25) is 0 Å². The lowest BCUT2D eigenvalue weighted by Gasteiger charge is -2.30. The molecule has 0 spiro atoms. The largest absolute Gasteiger partial charge is 0.496 e. The molecular weight excluding hydrogens is 385 g/mol. The molecule has 0 bridgehead atoms. The molecule has 0 saturated carbocycles. The maximum atomic E-state index is 13.9. The molecule has 1 aliphatic rings. The van der Waals surface area contributed by atoms with Crippen LogP contribution in [-0.2, 0) is 6.54 Å². The number of halogens is 1. The molecule has 1 saturated heterocycles. The van der Waals surface area contributed by atoms with Gasteiger partial charge in [-0.2, -0.15) is 0 Å². The predicted octanol–water partition coefficient (Wildman–Crippen LogP) is 4.00. The Kier molecular flexibility index (Phi) is 7.34. The van der Waals surface area contributed by atoms with Gasteiger partial charge in [0, 0.05) is 30.6 Å². The third kappa shape index (κ3) is 6.17. The minimum absolute atomic E-state index is 0.315. The van der Waals surface area contributed by atoms with E-state index in [-0.39, 0.29) is 11.9 Å². The Balaban J connectivity index is 1.90. The summed E-state index contributed by atoms with van der Waals surface area (Å²) in [5, 5.41) is 20.0. The number of likely N-dealkylation sites (tertiary alicyclic amines) is 1. The first-order chi connectivity index (χ1) is 14.2. The summed E-state index contributed by atoms with van der Waals surface area (Å²) in [5.74, 6) is 1.02. The number of hydrogen-bond acceptors (Lipinski definition) is 5. The first-order valence-corrected chi connectivity index (χ1v) is 10.5. The molecular formula is C24H32FNO4.